The van der Waals surface area contributed by atoms with Gasteiger partial charge in [-0.05, 0) is 25.8 Å². The molecule has 0 saturated carbocycles. The minimum Gasteiger partial charge on any atom is -0.343 e. The lowest BCUT2D eigenvalue weighted by Crippen LogP contribution is -2.37. The number of nitrogens with zero attached hydrogens (tertiary/aromatic N) is 1. The zero-order valence-corrected chi connectivity index (χ0v) is 12.0. The quantitative estimate of drug-likeness (QED) is 0.835. The molecule has 2 aliphatic rings. The molecule has 3 rings (SSSR count). The number of ether oxygens (including phenoxy) is 2. The van der Waals surface area contributed by atoms with Gasteiger partial charge in [0.05, 0.1) is 0 Å². The maximum absolute atomic E-state index is 6.08. The summed E-state index contributed by atoms with van der Waals surface area (Å²) in [4.78, 5) is 2.50. The van der Waals surface area contributed by atoms with Crippen molar-refractivity contribution in [3.63, 3.8) is 0 Å². The average Bonchev–Trinajstić information content (AvgIpc) is 2.81. The van der Waals surface area contributed by atoms with Gasteiger partial charge < -0.3 is 9.47 Å². The first-order valence-electron chi connectivity index (χ1n) is 7.22. The number of hydrogen-bond acceptors (Lipinski definition) is 3. The monoisotopic (exact) mass is 261 g/mol. The number of hydrogen-bond donors (Lipinski definition) is 0. The molecule has 2 saturated heterocycles. The number of fused-ring (bicyclic) bond motifs is 1. The van der Waals surface area contributed by atoms with Crippen molar-refractivity contribution in [2.24, 2.45) is 0 Å². The Kier molecular flexibility index (Phi) is 3.37. The lowest BCUT2D eigenvalue weighted by atomic mass is 10.1. The third kappa shape index (κ3) is 2.55. The Morgan fingerprint density at radius 2 is 1.95 bits per heavy atom. The van der Waals surface area contributed by atoms with Crippen LogP contribution in [0.25, 0.3) is 0 Å². The van der Waals surface area contributed by atoms with E-state index in [1.165, 1.54) is 5.56 Å². The highest BCUT2D eigenvalue weighted by Gasteiger charge is 2.51. The zero-order valence-electron chi connectivity index (χ0n) is 12.0. The normalized spacial score (nSPS) is 33.5. The lowest BCUT2D eigenvalue weighted by molar-refractivity contribution is -0.162. The van der Waals surface area contributed by atoms with Gasteiger partial charge in [-0.1, -0.05) is 37.3 Å². The summed E-state index contributed by atoms with van der Waals surface area (Å²) in [6.07, 6.45) is 1.56. The van der Waals surface area contributed by atoms with E-state index < -0.39 is 5.79 Å². The molecule has 3 heteroatoms. The molecular weight excluding hydrogens is 238 g/mol. The van der Waals surface area contributed by atoms with E-state index in [2.05, 4.69) is 42.2 Å². The van der Waals surface area contributed by atoms with Gasteiger partial charge in [0.2, 0.25) is 0 Å². The van der Waals surface area contributed by atoms with Crippen LogP contribution in [0, 0.1) is 0 Å². The second-order valence-corrected chi connectivity index (χ2v) is 6.03. The van der Waals surface area contributed by atoms with Crippen molar-refractivity contribution in [3.8, 4) is 0 Å². The lowest BCUT2D eigenvalue weighted by Gasteiger charge is -2.29. The Labute approximate surface area is 115 Å². The number of benzene rings is 1. The molecule has 0 aromatic heterocycles. The highest BCUT2D eigenvalue weighted by molar-refractivity contribution is 5.15. The zero-order chi connectivity index (χ0) is 13.5. The van der Waals surface area contributed by atoms with Gasteiger partial charge in [0.25, 0.3) is 0 Å². The molecule has 2 aliphatic heterocycles. The van der Waals surface area contributed by atoms with Crippen molar-refractivity contribution in [3.05, 3.63) is 35.9 Å². The third-order valence-corrected chi connectivity index (χ3v) is 4.13. The minimum atomic E-state index is -0.415. The largest absolute Gasteiger partial charge is 0.343 e. The van der Waals surface area contributed by atoms with E-state index in [-0.39, 0.29) is 12.2 Å². The van der Waals surface area contributed by atoms with E-state index in [4.69, 9.17) is 9.47 Å². The van der Waals surface area contributed by atoms with E-state index >= 15 is 0 Å². The van der Waals surface area contributed by atoms with Gasteiger partial charge in [-0.15, -0.1) is 0 Å². The van der Waals surface area contributed by atoms with Crippen molar-refractivity contribution in [1.29, 1.82) is 0 Å². The van der Waals surface area contributed by atoms with Crippen LogP contribution in [0.3, 0.4) is 0 Å². The summed E-state index contributed by atoms with van der Waals surface area (Å²) >= 11 is 0. The van der Waals surface area contributed by atoms with Crippen LogP contribution in [0.5, 0.6) is 0 Å². The van der Waals surface area contributed by atoms with Crippen molar-refractivity contribution in [2.45, 2.75) is 57.8 Å². The first-order chi connectivity index (χ1) is 9.09. The fourth-order valence-electron chi connectivity index (χ4n) is 3.40. The number of rotatable bonds is 3. The van der Waals surface area contributed by atoms with Crippen molar-refractivity contribution < 1.29 is 9.47 Å². The first-order valence-corrected chi connectivity index (χ1v) is 7.22. The molecule has 0 bridgehead atoms. The SMILES string of the molecule is CC[C@@H]1[C@H]2OC(C)(C)OC2CN1Cc1ccccc1. The summed E-state index contributed by atoms with van der Waals surface area (Å²) in [6, 6.07) is 11.1. The summed E-state index contributed by atoms with van der Waals surface area (Å²) < 4.78 is 12.1. The van der Waals surface area contributed by atoms with Crippen LogP contribution in [-0.2, 0) is 16.0 Å². The molecule has 3 nitrogen and oxygen atoms in total. The molecule has 0 aliphatic carbocycles. The molecule has 19 heavy (non-hydrogen) atoms. The second-order valence-electron chi connectivity index (χ2n) is 6.03. The topological polar surface area (TPSA) is 21.7 Å². The smallest absolute Gasteiger partial charge is 0.163 e. The van der Waals surface area contributed by atoms with E-state index in [9.17, 15) is 0 Å². The molecule has 2 fully saturated rings. The highest BCUT2D eigenvalue weighted by Crippen LogP contribution is 2.38. The minimum absolute atomic E-state index is 0.226. The van der Waals surface area contributed by atoms with Crippen LogP contribution in [0.15, 0.2) is 30.3 Å². The molecule has 3 atom stereocenters. The van der Waals surface area contributed by atoms with E-state index in [1.54, 1.807) is 0 Å². The molecule has 0 radical (unpaired) electrons. The molecule has 0 spiro atoms. The van der Waals surface area contributed by atoms with Gasteiger partial charge in [0.15, 0.2) is 5.79 Å². The van der Waals surface area contributed by atoms with E-state index in [0.29, 0.717) is 6.04 Å². The van der Waals surface area contributed by atoms with Crippen LogP contribution >= 0.6 is 0 Å². The van der Waals surface area contributed by atoms with Crippen LogP contribution in [0.4, 0.5) is 0 Å². The third-order valence-electron chi connectivity index (χ3n) is 4.13. The second kappa shape index (κ2) is 4.89. The summed E-state index contributed by atoms with van der Waals surface area (Å²) in [5, 5.41) is 0. The summed E-state index contributed by atoms with van der Waals surface area (Å²) in [5.74, 6) is -0.415. The van der Waals surface area contributed by atoms with Gasteiger partial charge in [0.1, 0.15) is 12.2 Å². The van der Waals surface area contributed by atoms with Crippen molar-refractivity contribution in [1.82, 2.24) is 4.90 Å². The van der Waals surface area contributed by atoms with E-state index in [0.717, 1.165) is 19.5 Å². The summed E-state index contributed by atoms with van der Waals surface area (Å²) in [5.41, 5.74) is 1.36. The summed E-state index contributed by atoms with van der Waals surface area (Å²) in [6.45, 7) is 8.22. The molecule has 2 heterocycles. The standard InChI is InChI=1S/C16H23NO2/c1-4-13-15-14(18-16(2,3)19-15)11-17(13)10-12-8-6-5-7-9-12/h5-9,13-15H,4,10-11H2,1-3H3/t13-,14?,15-/m1/s1. The Morgan fingerprint density at radius 1 is 1.21 bits per heavy atom. The Hall–Kier alpha value is -0.900. The van der Waals surface area contributed by atoms with Gasteiger partial charge in [-0.3, -0.25) is 4.90 Å². The first kappa shape index (κ1) is 13.1. The van der Waals surface area contributed by atoms with Gasteiger partial charge in [-0.2, -0.15) is 0 Å². The predicted octanol–water partition coefficient (Wildman–Crippen LogP) is 2.80. The van der Waals surface area contributed by atoms with Gasteiger partial charge in [-0.25, -0.2) is 0 Å². The molecule has 1 aromatic carbocycles. The summed E-state index contributed by atoms with van der Waals surface area (Å²) in [7, 11) is 0. The van der Waals surface area contributed by atoms with Crippen molar-refractivity contribution >= 4 is 0 Å². The van der Waals surface area contributed by atoms with Crippen LogP contribution in [0.2, 0.25) is 0 Å². The Morgan fingerprint density at radius 3 is 2.63 bits per heavy atom. The van der Waals surface area contributed by atoms with Gasteiger partial charge >= 0.3 is 0 Å². The van der Waals surface area contributed by atoms with Crippen molar-refractivity contribution in [2.75, 3.05) is 6.54 Å². The molecule has 104 valence electrons. The number of likely N-dealkylation sites (tertiary alicyclic amines) is 1. The van der Waals surface area contributed by atoms with Crippen LogP contribution < -0.4 is 0 Å². The van der Waals surface area contributed by atoms with Gasteiger partial charge in [0, 0.05) is 19.1 Å². The molecule has 0 amide bonds. The molecule has 1 aromatic rings. The van der Waals surface area contributed by atoms with Crippen LogP contribution in [0.1, 0.15) is 32.8 Å². The predicted molar refractivity (Wildman–Crippen MR) is 74.8 cm³/mol. The van der Waals surface area contributed by atoms with Crippen LogP contribution in [-0.4, -0.2) is 35.5 Å². The van der Waals surface area contributed by atoms with E-state index in [1.807, 2.05) is 13.8 Å². The maximum Gasteiger partial charge on any atom is 0.163 e. The Bertz CT molecular complexity index is 432. The highest BCUT2D eigenvalue weighted by atomic mass is 16.8. The maximum atomic E-state index is 6.08. The Balaban J connectivity index is 1.72. The fourth-order valence-corrected chi connectivity index (χ4v) is 3.40. The molecular formula is C16H23NO2. The average molecular weight is 261 g/mol. The molecule has 0 N–H and O–H groups in total. The molecule has 1 unspecified atom stereocenters. The fraction of sp³-hybridized carbons (Fsp3) is 0.625.